The number of hydrogen-bond acceptors (Lipinski definition) is 3. The Balaban J connectivity index is 2.15. The Kier molecular flexibility index (Phi) is 2.90. The molecule has 1 aromatic rings. The molecule has 1 amide bonds. The summed E-state index contributed by atoms with van der Waals surface area (Å²) in [6.45, 7) is 0.892. The van der Waals surface area contributed by atoms with Gasteiger partial charge in [-0.3, -0.25) is 4.79 Å². The fourth-order valence-electron chi connectivity index (χ4n) is 1.34. The van der Waals surface area contributed by atoms with Crippen LogP contribution < -0.4 is 11.1 Å². The van der Waals surface area contributed by atoms with Crippen LogP contribution in [0, 0.1) is 5.92 Å². The molecule has 0 aromatic carbocycles. The summed E-state index contributed by atoms with van der Waals surface area (Å²) in [6, 6.07) is 3.61. The van der Waals surface area contributed by atoms with Crippen molar-refractivity contribution in [3.05, 3.63) is 22.4 Å². The third-order valence-corrected chi connectivity index (χ3v) is 2.81. The first kappa shape index (κ1) is 10.4. The fourth-order valence-corrected chi connectivity index (χ4v) is 1.65. The van der Waals surface area contributed by atoms with Gasteiger partial charge in [-0.05, 0) is 46.8 Å². The van der Waals surface area contributed by atoms with E-state index >= 15 is 0 Å². The van der Waals surface area contributed by atoms with E-state index in [0.29, 0.717) is 10.3 Å². The molecular formula is C10H12BrN3O. The number of aromatic nitrogens is 1. The van der Waals surface area contributed by atoms with Crippen LogP contribution in [0.2, 0.25) is 0 Å². The standard InChI is InChI=1S/C10H12BrN3O/c11-8-4-3-7(9(14-8)10(12)15)13-5-6-1-2-6/h3-4,6,13H,1-2,5H2,(H2,12,15). The normalized spacial score (nSPS) is 15.0. The second kappa shape index (κ2) is 4.18. The first-order valence-corrected chi connectivity index (χ1v) is 5.66. The smallest absolute Gasteiger partial charge is 0.269 e. The van der Waals surface area contributed by atoms with Crippen molar-refractivity contribution in [1.82, 2.24) is 4.98 Å². The van der Waals surface area contributed by atoms with Gasteiger partial charge < -0.3 is 11.1 Å². The predicted molar refractivity (Wildman–Crippen MR) is 61.7 cm³/mol. The van der Waals surface area contributed by atoms with Gasteiger partial charge in [0, 0.05) is 6.54 Å². The minimum atomic E-state index is -0.505. The Bertz CT molecular complexity index is 390. The van der Waals surface area contributed by atoms with Crippen LogP contribution in [0.3, 0.4) is 0 Å². The molecule has 1 heterocycles. The van der Waals surface area contributed by atoms with Crippen LogP contribution in [-0.2, 0) is 0 Å². The summed E-state index contributed by atoms with van der Waals surface area (Å²) < 4.78 is 0.619. The summed E-state index contributed by atoms with van der Waals surface area (Å²) in [5, 5.41) is 3.20. The van der Waals surface area contributed by atoms with Gasteiger partial charge in [-0.2, -0.15) is 0 Å². The molecule has 1 fully saturated rings. The quantitative estimate of drug-likeness (QED) is 0.819. The monoisotopic (exact) mass is 269 g/mol. The summed E-state index contributed by atoms with van der Waals surface area (Å²) in [4.78, 5) is 15.2. The van der Waals surface area contributed by atoms with E-state index in [1.165, 1.54) is 12.8 Å². The molecule has 2 rings (SSSR count). The summed E-state index contributed by atoms with van der Waals surface area (Å²) in [5.41, 5.74) is 6.26. The first-order valence-electron chi connectivity index (χ1n) is 4.87. The van der Waals surface area contributed by atoms with Crippen molar-refractivity contribution in [2.75, 3.05) is 11.9 Å². The first-order chi connectivity index (χ1) is 7.16. The van der Waals surface area contributed by atoms with E-state index in [2.05, 4.69) is 26.2 Å². The van der Waals surface area contributed by atoms with Crippen LogP contribution in [0.1, 0.15) is 23.3 Å². The molecule has 1 aliphatic rings. The highest BCUT2D eigenvalue weighted by Gasteiger charge is 2.21. The highest BCUT2D eigenvalue weighted by Crippen LogP contribution is 2.29. The number of hydrogen-bond donors (Lipinski definition) is 2. The van der Waals surface area contributed by atoms with Crippen molar-refractivity contribution in [2.24, 2.45) is 11.7 Å². The minimum absolute atomic E-state index is 0.296. The lowest BCUT2D eigenvalue weighted by Crippen LogP contribution is -2.17. The maximum atomic E-state index is 11.1. The molecule has 3 N–H and O–H groups in total. The van der Waals surface area contributed by atoms with Crippen LogP contribution in [-0.4, -0.2) is 17.4 Å². The third kappa shape index (κ3) is 2.68. The number of nitrogens with two attached hydrogens (primary N) is 1. The van der Waals surface area contributed by atoms with Crippen LogP contribution in [0.4, 0.5) is 5.69 Å². The molecule has 0 unspecified atom stereocenters. The lowest BCUT2D eigenvalue weighted by molar-refractivity contribution is 0.0996. The number of primary amides is 1. The van der Waals surface area contributed by atoms with Gasteiger partial charge in [0.1, 0.15) is 4.60 Å². The zero-order chi connectivity index (χ0) is 10.8. The van der Waals surface area contributed by atoms with Crippen LogP contribution in [0.15, 0.2) is 16.7 Å². The number of halogens is 1. The predicted octanol–water partition coefficient (Wildman–Crippen LogP) is 1.76. The summed E-state index contributed by atoms with van der Waals surface area (Å²) in [6.07, 6.45) is 2.53. The van der Waals surface area contributed by atoms with Gasteiger partial charge in [0.25, 0.3) is 5.91 Å². The van der Waals surface area contributed by atoms with E-state index in [1.54, 1.807) is 6.07 Å². The molecule has 0 aliphatic heterocycles. The van der Waals surface area contributed by atoms with Gasteiger partial charge in [-0.25, -0.2) is 4.98 Å². The molecule has 15 heavy (non-hydrogen) atoms. The SMILES string of the molecule is NC(=O)c1nc(Br)ccc1NCC1CC1. The fraction of sp³-hybridized carbons (Fsp3) is 0.400. The largest absolute Gasteiger partial charge is 0.383 e. The van der Waals surface area contributed by atoms with E-state index in [9.17, 15) is 4.79 Å². The number of rotatable bonds is 4. The Labute approximate surface area is 96.4 Å². The highest BCUT2D eigenvalue weighted by molar-refractivity contribution is 9.10. The van der Waals surface area contributed by atoms with Gasteiger partial charge in [0.05, 0.1) is 5.69 Å². The van der Waals surface area contributed by atoms with E-state index < -0.39 is 5.91 Å². The van der Waals surface area contributed by atoms with Gasteiger partial charge in [-0.15, -0.1) is 0 Å². The van der Waals surface area contributed by atoms with Gasteiger partial charge in [0.2, 0.25) is 0 Å². The summed E-state index contributed by atoms with van der Waals surface area (Å²) in [5.74, 6) is 0.240. The van der Waals surface area contributed by atoms with E-state index in [0.717, 1.165) is 18.2 Å². The number of amides is 1. The Morgan fingerprint density at radius 1 is 1.60 bits per heavy atom. The molecule has 0 atom stereocenters. The molecule has 4 nitrogen and oxygen atoms in total. The molecule has 1 saturated carbocycles. The third-order valence-electron chi connectivity index (χ3n) is 2.37. The van der Waals surface area contributed by atoms with Crippen LogP contribution in [0.25, 0.3) is 0 Å². The topological polar surface area (TPSA) is 68.0 Å². The van der Waals surface area contributed by atoms with Crippen molar-refractivity contribution in [3.8, 4) is 0 Å². The average Bonchev–Trinajstić information content (AvgIpc) is 2.99. The maximum absolute atomic E-state index is 11.1. The van der Waals surface area contributed by atoms with Crippen molar-refractivity contribution in [3.63, 3.8) is 0 Å². The highest BCUT2D eigenvalue weighted by atomic mass is 79.9. The molecule has 1 aliphatic carbocycles. The Morgan fingerprint density at radius 3 is 2.93 bits per heavy atom. The van der Waals surface area contributed by atoms with Gasteiger partial charge in [-0.1, -0.05) is 0 Å². The van der Waals surface area contributed by atoms with Gasteiger partial charge >= 0.3 is 0 Å². The number of anilines is 1. The molecule has 0 saturated heterocycles. The molecule has 0 bridgehead atoms. The minimum Gasteiger partial charge on any atom is -0.383 e. The molecule has 0 radical (unpaired) electrons. The van der Waals surface area contributed by atoms with Gasteiger partial charge in [0.15, 0.2) is 5.69 Å². The molecule has 80 valence electrons. The zero-order valence-corrected chi connectivity index (χ0v) is 9.75. The number of carbonyl (C=O) groups excluding carboxylic acids is 1. The van der Waals surface area contributed by atoms with Crippen molar-refractivity contribution in [2.45, 2.75) is 12.8 Å². The molecule has 5 heteroatoms. The number of nitrogens with zero attached hydrogens (tertiary/aromatic N) is 1. The zero-order valence-electron chi connectivity index (χ0n) is 8.16. The van der Waals surface area contributed by atoms with Crippen LogP contribution >= 0.6 is 15.9 Å². The average molecular weight is 270 g/mol. The second-order valence-corrected chi connectivity index (χ2v) is 4.53. The summed E-state index contributed by atoms with van der Waals surface area (Å²) in [7, 11) is 0. The number of pyridine rings is 1. The van der Waals surface area contributed by atoms with Crippen molar-refractivity contribution < 1.29 is 4.79 Å². The molecule has 0 spiro atoms. The van der Waals surface area contributed by atoms with Crippen molar-refractivity contribution in [1.29, 1.82) is 0 Å². The van der Waals surface area contributed by atoms with E-state index in [-0.39, 0.29) is 0 Å². The van der Waals surface area contributed by atoms with E-state index in [4.69, 9.17) is 5.73 Å². The number of carbonyl (C=O) groups is 1. The molecule has 1 aromatic heterocycles. The number of nitrogens with one attached hydrogen (secondary N) is 1. The lowest BCUT2D eigenvalue weighted by Gasteiger charge is -2.08. The molecular weight excluding hydrogens is 258 g/mol. The Hall–Kier alpha value is -1.10. The van der Waals surface area contributed by atoms with Crippen molar-refractivity contribution >= 4 is 27.5 Å². The lowest BCUT2D eigenvalue weighted by atomic mass is 10.2. The second-order valence-electron chi connectivity index (χ2n) is 3.72. The summed E-state index contributed by atoms with van der Waals surface area (Å²) >= 11 is 3.21. The van der Waals surface area contributed by atoms with E-state index in [1.807, 2.05) is 6.07 Å². The Morgan fingerprint density at radius 2 is 2.33 bits per heavy atom. The maximum Gasteiger partial charge on any atom is 0.269 e. The van der Waals surface area contributed by atoms with Crippen LogP contribution in [0.5, 0.6) is 0 Å².